The van der Waals surface area contributed by atoms with E-state index in [2.05, 4.69) is 60.5 Å². The van der Waals surface area contributed by atoms with E-state index in [1.54, 1.807) is 24.6 Å². The van der Waals surface area contributed by atoms with Crippen molar-refractivity contribution in [2.45, 2.75) is 51.6 Å². The van der Waals surface area contributed by atoms with Crippen LogP contribution in [0.1, 0.15) is 49.9 Å². The fourth-order valence-corrected chi connectivity index (χ4v) is 8.85. The Balaban J connectivity index is 0.829. The third-order valence-corrected chi connectivity index (χ3v) is 12.0. The zero-order valence-electron chi connectivity index (χ0n) is 32.0. The monoisotopic (exact) mass is 776 g/mol. The fourth-order valence-electron chi connectivity index (χ4n) is 7.93. The topological polar surface area (TPSA) is 170 Å². The van der Waals surface area contributed by atoms with Crippen LogP contribution in [0, 0.1) is 5.92 Å². The summed E-state index contributed by atoms with van der Waals surface area (Å²) in [5, 5.41) is 21.4. The average Bonchev–Trinajstić information content (AvgIpc) is 3.86. The Hall–Kier alpha value is -5.61. The highest BCUT2D eigenvalue weighted by Crippen LogP contribution is 2.36. The molecule has 3 aliphatic rings. The number of fused-ring (bicyclic) bond motifs is 1. The highest BCUT2D eigenvalue weighted by molar-refractivity contribution is 7.18. The highest BCUT2D eigenvalue weighted by atomic mass is 32.1. The summed E-state index contributed by atoms with van der Waals surface area (Å²) in [7, 11) is 1.62. The zero-order chi connectivity index (χ0) is 38.9. The number of hydrogen-bond donors (Lipinski definition) is 3. The van der Waals surface area contributed by atoms with Crippen LogP contribution in [-0.4, -0.2) is 117 Å². The molecule has 3 aliphatic heterocycles. The first-order chi connectivity index (χ1) is 27.1. The molecule has 1 unspecified atom stereocenters. The van der Waals surface area contributed by atoms with E-state index in [1.807, 2.05) is 53.2 Å². The molecule has 15 nitrogen and oxygen atoms in total. The van der Waals surface area contributed by atoms with Crippen molar-refractivity contribution in [1.29, 1.82) is 0 Å². The van der Waals surface area contributed by atoms with E-state index >= 15 is 0 Å². The maximum atomic E-state index is 13.1. The predicted octanol–water partition coefficient (Wildman–Crippen LogP) is 4.23. The number of carbonyl (C=O) groups excluding carboxylic acids is 3. The van der Waals surface area contributed by atoms with Gasteiger partial charge in [0.2, 0.25) is 16.9 Å². The Bertz CT molecular complexity index is 2220. The van der Waals surface area contributed by atoms with E-state index in [9.17, 15) is 14.4 Å². The summed E-state index contributed by atoms with van der Waals surface area (Å²) < 4.78 is 1.85. The van der Waals surface area contributed by atoms with E-state index in [0.29, 0.717) is 23.6 Å². The van der Waals surface area contributed by atoms with Gasteiger partial charge in [0.15, 0.2) is 5.01 Å². The lowest BCUT2D eigenvalue weighted by Crippen LogP contribution is -2.52. The molecule has 7 heterocycles. The molecule has 16 heteroatoms. The van der Waals surface area contributed by atoms with Crippen LogP contribution < -0.4 is 26.2 Å². The van der Waals surface area contributed by atoms with Crippen LogP contribution >= 0.6 is 11.3 Å². The lowest BCUT2D eigenvalue weighted by Gasteiger charge is -2.39. The highest BCUT2D eigenvalue weighted by Gasteiger charge is 2.33. The molecule has 0 radical (unpaired) electrons. The Kier molecular flexibility index (Phi) is 10.6. The molecule has 1 aromatic carbocycles. The van der Waals surface area contributed by atoms with Crippen molar-refractivity contribution < 1.29 is 14.4 Å². The number of amides is 3. The van der Waals surface area contributed by atoms with Gasteiger partial charge in [-0.2, -0.15) is 5.10 Å². The zero-order valence-corrected chi connectivity index (χ0v) is 32.8. The summed E-state index contributed by atoms with van der Waals surface area (Å²) in [6.45, 7) is 11.1. The lowest BCUT2D eigenvalue weighted by atomic mass is 9.95. The summed E-state index contributed by atoms with van der Waals surface area (Å²) in [5.74, 6) is -0.293. The molecule has 0 saturated carbocycles. The maximum Gasteiger partial charge on any atom is 0.254 e. The first kappa shape index (κ1) is 37.3. The Morgan fingerprint density at radius 2 is 1.73 bits per heavy atom. The van der Waals surface area contributed by atoms with Gasteiger partial charge in [0.25, 0.3) is 5.91 Å². The van der Waals surface area contributed by atoms with Gasteiger partial charge in [0.05, 0.1) is 34.4 Å². The molecule has 3 fully saturated rings. The van der Waals surface area contributed by atoms with Crippen LogP contribution in [0.15, 0.2) is 60.9 Å². The van der Waals surface area contributed by atoms with Gasteiger partial charge in [-0.15, -0.1) is 10.2 Å². The number of anilines is 4. The van der Waals surface area contributed by atoms with E-state index in [-0.39, 0.29) is 24.3 Å². The number of nitrogens with two attached hydrogens (primary N) is 1. The van der Waals surface area contributed by atoms with Crippen molar-refractivity contribution >= 4 is 56.8 Å². The second-order valence-electron chi connectivity index (χ2n) is 15.3. The minimum absolute atomic E-state index is 0.213. The van der Waals surface area contributed by atoms with Gasteiger partial charge in [-0.1, -0.05) is 11.3 Å². The van der Waals surface area contributed by atoms with Crippen molar-refractivity contribution in [3.8, 4) is 22.0 Å². The molecule has 5 aromatic rings. The van der Waals surface area contributed by atoms with Crippen LogP contribution in [0.3, 0.4) is 0 Å². The molecule has 0 bridgehead atoms. The molecule has 8 rings (SSSR count). The van der Waals surface area contributed by atoms with Gasteiger partial charge in [-0.05, 0) is 87.6 Å². The van der Waals surface area contributed by atoms with Crippen molar-refractivity contribution in [2.24, 2.45) is 5.92 Å². The van der Waals surface area contributed by atoms with Crippen molar-refractivity contribution in [3.63, 3.8) is 0 Å². The van der Waals surface area contributed by atoms with E-state index in [0.717, 1.165) is 103 Å². The van der Waals surface area contributed by atoms with Gasteiger partial charge in [0, 0.05) is 88.5 Å². The van der Waals surface area contributed by atoms with E-state index in [1.165, 1.54) is 4.90 Å². The number of imide groups is 1. The number of benzene rings is 1. The molecule has 4 aromatic heterocycles. The Morgan fingerprint density at radius 3 is 2.46 bits per heavy atom. The van der Waals surface area contributed by atoms with Crippen LogP contribution in [0.4, 0.5) is 22.2 Å². The van der Waals surface area contributed by atoms with Crippen LogP contribution in [0.5, 0.6) is 0 Å². The second kappa shape index (κ2) is 15.9. The number of carbonyl (C=O) groups is 3. The van der Waals surface area contributed by atoms with Gasteiger partial charge >= 0.3 is 0 Å². The number of nitrogens with zero attached hydrogens (tertiary/aromatic N) is 9. The van der Waals surface area contributed by atoms with Crippen LogP contribution in [0.2, 0.25) is 0 Å². The average molecular weight is 777 g/mol. The molecule has 1 atom stereocenters. The number of likely N-dealkylation sites (N-methyl/N-ethyl adjacent to an activating group) is 1. The molecule has 4 N–H and O–H groups in total. The third-order valence-electron chi connectivity index (χ3n) is 11.0. The number of nitrogen functional groups attached to an aromatic ring is 1. The molecule has 3 amide bonds. The molecule has 0 spiro atoms. The summed E-state index contributed by atoms with van der Waals surface area (Å²) >= 11 is 1.61. The minimum Gasteiger partial charge on any atom is -0.397 e. The van der Waals surface area contributed by atoms with Crippen molar-refractivity contribution in [1.82, 2.24) is 39.9 Å². The van der Waals surface area contributed by atoms with Gasteiger partial charge < -0.3 is 25.8 Å². The quantitative estimate of drug-likeness (QED) is 0.173. The first-order valence-electron chi connectivity index (χ1n) is 19.4. The molecule has 0 aliphatic carbocycles. The standard InChI is InChI=1S/C40H48N12O3S/c1-25(2)44-32-21-33(34-9-8-30-20-28(41)22-43-52(30)34)42-23-31(32)38-46-47-40(56-38)51-18-16-49(17-19-51)24-26-12-14-50(15-13-26)29-6-4-27(5-7-29)39(55)48(3)35-10-11-36(53)45-37(35)54/h4-9,20-23,25-26,35H,10-19,24,41H2,1-3H3,(H,42,44)(H,45,53,54). The fraction of sp³-hybridized carbons (Fsp3) is 0.425. The van der Waals surface area contributed by atoms with Crippen molar-refractivity contribution in [2.75, 3.05) is 73.7 Å². The molecule has 3 saturated heterocycles. The second-order valence-corrected chi connectivity index (χ2v) is 16.3. The Labute approximate surface area is 329 Å². The normalized spacial score (nSPS) is 18.5. The number of hydrogen-bond acceptors (Lipinski definition) is 13. The molecular weight excluding hydrogens is 729 g/mol. The van der Waals surface area contributed by atoms with E-state index in [4.69, 9.17) is 10.7 Å². The number of piperidine rings is 2. The number of nitrogens with one attached hydrogen (secondary N) is 2. The predicted molar refractivity (Wildman–Crippen MR) is 219 cm³/mol. The molecule has 56 heavy (non-hydrogen) atoms. The number of pyridine rings is 1. The third kappa shape index (κ3) is 7.89. The summed E-state index contributed by atoms with van der Waals surface area (Å²) in [6, 6.07) is 15.2. The Morgan fingerprint density at radius 1 is 0.964 bits per heavy atom. The maximum absolute atomic E-state index is 13.1. The smallest absolute Gasteiger partial charge is 0.254 e. The number of aromatic nitrogens is 5. The lowest BCUT2D eigenvalue weighted by molar-refractivity contribution is -0.136. The molecular formula is C40H48N12O3S. The van der Waals surface area contributed by atoms with Gasteiger partial charge in [-0.3, -0.25) is 29.6 Å². The van der Waals surface area contributed by atoms with Gasteiger partial charge in [0.1, 0.15) is 6.04 Å². The first-order valence-corrected chi connectivity index (χ1v) is 20.2. The minimum atomic E-state index is -0.634. The summed E-state index contributed by atoms with van der Waals surface area (Å²) in [4.78, 5) is 50.5. The van der Waals surface area contributed by atoms with Crippen molar-refractivity contribution in [3.05, 3.63) is 66.5 Å². The summed E-state index contributed by atoms with van der Waals surface area (Å²) in [5.41, 5.74) is 12.7. The van der Waals surface area contributed by atoms with Gasteiger partial charge in [-0.25, -0.2) is 4.52 Å². The SMILES string of the molecule is CC(C)Nc1cc(-c2ccc3cc(N)cnn23)ncc1-c1nnc(N2CCN(CC3CCN(c4ccc(C(=O)N(C)C5CCC(=O)NC5=O)cc4)CC3)CC2)s1. The number of rotatable bonds is 10. The van der Waals surface area contributed by atoms with E-state index < -0.39 is 11.9 Å². The van der Waals surface area contributed by atoms with Crippen LogP contribution in [-0.2, 0) is 9.59 Å². The largest absolute Gasteiger partial charge is 0.397 e. The van der Waals surface area contributed by atoms with Crippen LogP contribution in [0.25, 0.3) is 27.5 Å². The molecule has 292 valence electrons. The number of piperazine rings is 1. The summed E-state index contributed by atoms with van der Waals surface area (Å²) in [6.07, 6.45) is 6.34.